The minimum absolute atomic E-state index is 0.0392. The van der Waals surface area contributed by atoms with Crippen LogP contribution in [0, 0.1) is 5.92 Å². The van der Waals surface area contributed by atoms with Gasteiger partial charge in [-0.1, -0.05) is 29.8 Å². The summed E-state index contributed by atoms with van der Waals surface area (Å²) in [5.41, 5.74) is 2.97. The van der Waals surface area contributed by atoms with Crippen LogP contribution in [-0.4, -0.2) is 48.3 Å². The topological polar surface area (TPSA) is 69.7 Å². The Kier molecular flexibility index (Phi) is 5.64. The van der Waals surface area contributed by atoms with E-state index in [4.69, 9.17) is 11.6 Å². The summed E-state index contributed by atoms with van der Waals surface area (Å²) >= 11 is 6.02. The van der Waals surface area contributed by atoms with Crippen molar-refractivity contribution in [2.45, 2.75) is 38.1 Å². The van der Waals surface area contributed by atoms with Crippen molar-refractivity contribution in [2.75, 3.05) is 24.5 Å². The molecule has 3 aliphatic rings. The molecule has 0 atom stereocenters. The van der Waals surface area contributed by atoms with E-state index in [1.165, 1.54) is 4.90 Å². The molecule has 166 valence electrons. The minimum atomic E-state index is -0.164. The molecule has 32 heavy (non-hydrogen) atoms. The van der Waals surface area contributed by atoms with E-state index in [0.29, 0.717) is 35.8 Å². The van der Waals surface area contributed by atoms with Gasteiger partial charge in [0.15, 0.2) is 0 Å². The van der Waals surface area contributed by atoms with E-state index in [2.05, 4.69) is 10.2 Å². The molecule has 1 saturated carbocycles. The third kappa shape index (κ3) is 3.99. The highest BCUT2D eigenvalue weighted by molar-refractivity contribution is 6.30. The van der Waals surface area contributed by atoms with Crippen LogP contribution in [0.1, 0.15) is 52.0 Å². The Morgan fingerprint density at radius 3 is 2.47 bits per heavy atom. The number of hydrogen-bond donors (Lipinski definition) is 1. The lowest BCUT2D eigenvalue weighted by atomic mass is 9.94. The maximum Gasteiger partial charge on any atom is 0.263 e. The van der Waals surface area contributed by atoms with Crippen LogP contribution in [0.3, 0.4) is 0 Å². The van der Waals surface area contributed by atoms with Crippen molar-refractivity contribution >= 4 is 35.0 Å². The molecule has 0 radical (unpaired) electrons. The van der Waals surface area contributed by atoms with Crippen LogP contribution in [0.4, 0.5) is 5.69 Å². The van der Waals surface area contributed by atoms with Crippen molar-refractivity contribution in [2.24, 2.45) is 5.92 Å². The third-order valence-electron chi connectivity index (χ3n) is 6.64. The molecule has 2 fully saturated rings. The normalized spacial score (nSPS) is 18.8. The summed E-state index contributed by atoms with van der Waals surface area (Å²) in [5, 5.41) is 3.75. The highest BCUT2D eigenvalue weighted by Gasteiger charge is 2.46. The first-order chi connectivity index (χ1) is 15.5. The van der Waals surface area contributed by atoms with Gasteiger partial charge in [0.25, 0.3) is 11.8 Å². The molecule has 6 nitrogen and oxygen atoms in total. The van der Waals surface area contributed by atoms with Crippen LogP contribution in [0.2, 0.25) is 5.02 Å². The molecule has 2 heterocycles. The number of carbonyl (C=O) groups excluding carboxylic acids is 3. The van der Waals surface area contributed by atoms with Crippen LogP contribution in [-0.2, 0) is 11.2 Å². The van der Waals surface area contributed by atoms with E-state index in [1.54, 1.807) is 6.07 Å². The maximum atomic E-state index is 13.0. The number of rotatable bonds is 6. The van der Waals surface area contributed by atoms with Crippen molar-refractivity contribution in [3.05, 3.63) is 64.2 Å². The van der Waals surface area contributed by atoms with Gasteiger partial charge in [-0.3, -0.25) is 19.3 Å². The third-order valence-corrected chi connectivity index (χ3v) is 6.88. The predicted octanol–water partition coefficient (Wildman–Crippen LogP) is 3.67. The molecule has 2 aliphatic heterocycles. The average molecular weight is 452 g/mol. The lowest BCUT2D eigenvalue weighted by molar-refractivity contribution is -0.125. The fraction of sp³-hybridized carbons (Fsp3) is 0.400. The summed E-state index contributed by atoms with van der Waals surface area (Å²) in [6, 6.07) is 13.3. The molecule has 3 amide bonds. The van der Waals surface area contributed by atoms with Crippen LogP contribution in [0.15, 0.2) is 42.5 Å². The standard InChI is InChI=1S/C25H26ClN3O3/c26-18-4-1-3-16(15-18)9-12-27-23(30)17-10-13-28(14-11-17)21-6-2-5-20-22(21)25(32)29(24(20)31)19-7-8-19/h1-6,15,17,19H,7-14H2,(H,27,30). The molecular formula is C25H26ClN3O3. The predicted molar refractivity (Wildman–Crippen MR) is 123 cm³/mol. The Morgan fingerprint density at radius 2 is 1.75 bits per heavy atom. The molecule has 1 saturated heterocycles. The second-order valence-corrected chi connectivity index (χ2v) is 9.28. The number of piperidine rings is 1. The number of amides is 3. The van der Waals surface area contributed by atoms with Gasteiger partial charge in [-0.2, -0.15) is 0 Å². The van der Waals surface area contributed by atoms with Crippen molar-refractivity contribution in [1.82, 2.24) is 10.2 Å². The molecule has 2 aromatic carbocycles. The lowest BCUT2D eigenvalue weighted by Gasteiger charge is -2.33. The first-order valence-electron chi connectivity index (χ1n) is 11.3. The van der Waals surface area contributed by atoms with Gasteiger partial charge in [0.2, 0.25) is 5.91 Å². The fourth-order valence-electron chi connectivity index (χ4n) is 4.76. The molecule has 7 heteroatoms. The van der Waals surface area contributed by atoms with E-state index in [-0.39, 0.29) is 29.7 Å². The Balaban J connectivity index is 1.18. The number of imide groups is 1. The Hall–Kier alpha value is -2.86. The lowest BCUT2D eigenvalue weighted by Crippen LogP contribution is -2.41. The summed E-state index contributed by atoms with van der Waals surface area (Å²) < 4.78 is 0. The smallest absolute Gasteiger partial charge is 0.263 e. The van der Waals surface area contributed by atoms with Crippen molar-refractivity contribution < 1.29 is 14.4 Å². The van der Waals surface area contributed by atoms with Gasteiger partial charge in [0.05, 0.1) is 16.8 Å². The summed E-state index contributed by atoms with van der Waals surface area (Å²) in [6.45, 7) is 1.96. The van der Waals surface area contributed by atoms with Crippen molar-refractivity contribution in [3.8, 4) is 0 Å². The Morgan fingerprint density at radius 1 is 1.00 bits per heavy atom. The van der Waals surface area contributed by atoms with E-state index in [9.17, 15) is 14.4 Å². The number of nitrogens with zero attached hydrogens (tertiary/aromatic N) is 2. The van der Waals surface area contributed by atoms with Gasteiger partial charge in [-0.25, -0.2) is 0 Å². The molecular weight excluding hydrogens is 426 g/mol. The van der Waals surface area contributed by atoms with Gasteiger partial charge < -0.3 is 10.2 Å². The van der Waals surface area contributed by atoms with E-state index in [1.807, 2.05) is 36.4 Å². The first-order valence-corrected chi connectivity index (χ1v) is 11.7. The molecule has 0 spiro atoms. The second-order valence-electron chi connectivity index (χ2n) is 8.84. The zero-order valence-corrected chi connectivity index (χ0v) is 18.6. The largest absolute Gasteiger partial charge is 0.371 e. The first kappa shape index (κ1) is 21.0. The van der Waals surface area contributed by atoms with E-state index in [0.717, 1.165) is 43.4 Å². The molecule has 0 aromatic heterocycles. The van der Waals surface area contributed by atoms with Crippen LogP contribution in [0.25, 0.3) is 0 Å². The summed E-state index contributed by atoms with van der Waals surface area (Å²) in [5.74, 6) is -0.286. The SMILES string of the molecule is O=C(NCCc1cccc(Cl)c1)C1CCN(c2cccc3c2C(=O)N(C2CC2)C3=O)CC1. The Labute approximate surface area is 192 Å². The monoisotopic (exact) mass is 451 g/mol. The van der Waals surface area contributed by atoms with Crippen LogP contribution < -0.4 is 10.2 Å². The molecule has 0 unspecified atom stereocenters. The highest BCUT2D eigenvalue weighted by Crippen LogP contribution is 2.39. The van der Waals surface area contributed by atoms with Crippen molar-refractivity contribution in [1.29, 1.82) is 0 Å². The summed E-state index contributed by atoms with van der Waals surface area (Å²) in [4.78, 5) is 41.9. The number of hydrogen-bond acceptors (Lipinski definition) is 4. The molecule has 1 N–H and O–H groups in total. The van der Waals surface area contributed by atoms with Gasteiger partial charge >= 0.3 is 0 Å². The number of fused-ring (bicyclic) bond motifs is 1. The maximum absolute atomic E-state index is 13.0. The number of benzene rings is 2. The zero-order valence-electron chi connectivity index (χ0n) is 17.9. The van der Waals surface area contributed by atoms with Gasteiger partial charge in [-0.15, -0.1) is 0 Å². The minimum Gasteiger partial charge on any atom is -0.371 e. The average Bonchev–Trinajstić information content (AvgIpc) is 3.60. The summed E-state index contributed by atoms with van der Waals surface area (Å²) in [7, 11) is 0. The number of anilines is 1. The quantitative estimate of drug-likeness (QED) is 0.680. The number of halogens is 1. The molecule has 2 aromatic rings. The molecule has 0 bridgehead atoms. The number of nitrogens with one attached hydrogen (secondary N) is 1. The molecule has 5 rings (SSSR count). The van der Waals surface area contributed by atoms with E-state index < -0.39 is 0 Å². The van der Waals surface area contributed by atoms with Crippen molar-refractivity contribution in [3.63, 3.8) is 0 Å². The zero-order chi connectivity index (χ0) is 22.2. The van der Waals surface area contributed by atoms with Crippen LogP contribution >= 0.6 is 11.6 Å². The van der Waals surface area contributed by atoms with E-state index >= 15 is 0 Å². The fourth-order valence-corrected chi connectivity index (χ4v) is 4.98. The highest BCUT2D eigenvalue weighted by atomic mass is 35.5. The Bertz CT molecular complexity index is 1070. The molecule has 1 aliphatic carbocycles. The van der Waals surface area contributed by atoms with Gasteiger partial charge in [0.1, 0.15) is 0 Å². The number of carbonyl (C=O) groups is 3. The summed E-state index contributed by atoms with van der Waals surface area (Å²) in [6.07, 6.45) is 3.99. The second kappa shape index (κ2) is 8.58. The van der Waals surface area contributed by atoms with Gasteiger partial charge in [-0.05, 0) is 61.9 Å². The van der Waals surface area contributed by atoms with Crippen LogP contribution in [0.5, 0.6) is 0 Å². The van der Waals surface area contributed by atoms with Gasteiger partial charge in [0, 0.05) is 36.6 Å².